The number of hydrogen-bond donors (Lipinski definition) is 5. The third-order valence-corrected chi connectivity index (χ3v) is 1.64. The summed E-state index contributed by atoms with van der Waals surface area (Å²) in [4.78, 5) is 41.9. The Morgan fingerprint density at radius 2 is 1.44 bits per heavy atom. The third kappa shape index (κ3) is 6.40. The first kappa shape index (κ1) is 18.2. The number of carbonyl (C=O) groups is 4. The van der Waals surface area contributed by atoms with E-state index in [0.29, 0.717) is 0 Å². The molecule has 1 atom stereocenters. The number of esters is 1. The first-order valence-electron chi connectivity index (χ1n) is 4.22. The zero-order valence-corrected chi connectivity index (χ0v) is 9.16. The Morgan fingerprint density at radius 1 is 0.944 bits per heavy atom. The van der Waals surface area contributed by atoms with E-state index >= 15 is 0 Å². The van der Waals surface area contributed by atoms with Crippen molar-refractivity contribution in [3.8, 4) is 0 Å². The topological polar surface area (TPSA) is 193 Å². The minimum Gasteiger partial charge on any atom is -0.481 e. The van der Waals surface area contributed by atoms with Gasteiger partial charge in [-0.2, -0.15) is 0 Å². The first-order chi connectivity index (χ1) is 7.67. The maximum absolute atomic E-state index is 10.9. The molecule has 0 aromatic carbocycles. The quantitative estimate of drug-likeness (QED) is 0.337. The maximum atomic E-state index is 10.9. The highest BCUT2D eigenvalue weighted by atomic mass is 16.6. The molecule has 10 heteroatoms. The van der Waals surface area contributed by atoms with Crippen LogP contribution in [0, 0.1) is 0 Å². The normalized spacial score (nSPS) is 12.7. The van der Waals surface area contributed by atoms with E-state index in [4.69, 9.17) is 15.3 Å². The van der Waals surface area contributed by atoms with Gasteiger partial charge in [0.15, 0.2) is 12.2 Å². The molecule has 0 aliphatic heterocycles. The van der Waals surface area contributed by atoms with Gasteiger partial charge in [-0.3, -0.25) is 9.59 Å². The van der Waals surface area contributed by atoms with Crippen molar-refractivity contribution in [1.82, 2.24) is 6.15 Å². The Kier molecular flexibility index (Phi) is 7.26. The van der Waals surface area contributed by atoms with E-state index in [9.17, 15) is 24.3 Å². The molecule has 0 aliphatic rings. The van der Waals surface area contributed by atoms with Gasteiger partial charge in [-0.05, 0) is 0 Å². The van der Waals surface area contributed by atoms with Crippen molar-refractivity contribution in [2.75, 3.05) is 6.61 Å². The number of hydrogen-bond acceptors (Lipinski definition) is 7. The molecule has 0 amide bonds. The third-order valence-electron chi connectivity index (χ3n) is 1.64. The molecule has 104 valence electrons. The van der Waals surface area contributed by atoms with Gasteiger partial charge in [0.1, 0.15) is 0 Å². The van der Waals surface area contributed by atoms with Crippen LogP contribution in [0.4, 0.5) is 0 Å². The van der Waals surface area contributed by atoms with Gasteiger partial charge in [-0.15, -0.1) is 0 Å². The van der Waals surface area contributed by atoms with Crippen LogP contribution in [0.2, 0.25) is 0 Å². The first-order valence-corrected chi connectivity index (χ1v) is 4.22. The van der Waals surface area contributed by atoms with Gasteiger partial charge in [0.2, 0.25) is 0 Å². The fourth-order valence-electron chi connectivity index (χ4n) is 0.896. The summed E-state index contributed by atoms with van der Waals surface area (Å²) in [6.07, 6.45) is -2.35. The van der Waals surface area contributed by atoms with Crippen molar-refractivity contribution in [1.29, 1.82) is 0 Å². The van der Waals surface area contributed by atoms with Gasteiger partial charge in [-0.25, -0.2) is 9.59 Å². The van der Waals surface area contributed by atoms with E-state index in [-0.39, 0.29) is 6.15 Å². The average molecular weight is 267 g/mol. The van der Waals surface area contributed by atoms with E-state index in [0.717, 1.165) is 0 Å². The minimum atomic E-state index is -2.82. The summed E-state index contributed by atoms with van der Waals surface area (Å²) in [5.74, 6) is -6.32. The lowest BCUT2D eigenvalue weighted by atomic mass is 9.96. The molecule has 18 heavy (non-hydrogen) atoms. The van der Waals surface area contributed by atoms with Crippen molar-refractivity contribution in [3.63, 3.8) is 0 Å². The van der Waals surface area contributed by atoms with Crippen LogP contribution in [0.5, 0.6) is 0 Å². The van der Waals surface area contributed by atoms with Gasteiger partial charge in [0.05, 0.1) is 12.8 Å². The van der Waals surface area contributed by atoms with E-state index in [1.807, 2.05) is 0 Å². The summed E-state index contributed by atoms with van der Waals surface area (Å²) in [6, 6.07) is 0. The highest BCUT2D eigenvalue weighted by Gasteiger charge is 2.41. The fraction of sp³-hybridized carbons (Fsp3) is 0.500. The van der Waals surface area contributed by atoms with E-state index < -0.39 is 48.9 Å². The smallest absolute Gasteiger partial charge is 0.341 e. The van der Waals surface area contributed by atoms with E-state index in [1.165, 1.54) is 0 Å². The molecule has 0 aliphatic carbocycles. The number of carbonyl (C=O) groups excluding carboxylic acids is 1. The molecule has 0 saturated heterocycles. The minimum absolute atomic E-state index is 0. The van der Waals surface area contributed by atoms with Crippen molar-refractivity contribution in [2.45, 2.75) is 18.4 Å². The largest absolute Gasteiger partial charge is 0.481 e. The standard InChI is InChI=1S/C8H10O9.H3N/c9-4(10)1-8(16,7(14)15)2-6(13)17-3-5(11)12;/h16H,1-3H2,(H,9,10)(H,11,12)(H,14,15);1H3. The summed E-state index contributed by atoms with van der Waals surface area (Å²) < 4.78 is 4.08. The average Bonchev–Trinajstić information content (AvgIpc) is 2.12. The Labute approximate surface area is 100 Å². The molecule has 1 unspecified atom stereocenters. The van der Waals surface area contributed by atoms with Gasteiger partial charge in [-0.1, -0.05) is 0 Å². The molecular weight excluding hydrogens is 254 g/mol. The monoisotopic (exact) mass is 267 g/mol. The molecule has 0 bridgehead atoms. The summed E-state index contributed by atoms with van der Waals surface area (Å²) >= 11 is 0. The highest BCUT2D eigenvalue weighted by molar-refractivity contribution is 5.88. The van der Waals surface area contributed by atoms with Crippen LogP contribution in [-0.2, 0) is 23.9 Å². The van der Waals surface area contributed by atoms with Crippen LogP contribution in [0.3, 0.4) is 0 Å². The van der Waals surface area contributed by atoms with Gasteiger partial charge in [0.25, 0.3) is 0 Å². The molecule has 0 fully saturated rings. The van der Waals surface area contributed by atoms with Crippen molar-refractivity contribution in [2.24, 2.45) is 0 Å². The Hall–Kier alpha value is -2.20. The second kappa shape index (κ2) is 7.19. The van der Waals surface area contributed by atoms with Crippen LogP contribution >= 0.6 is 0 Å². The molecule has 0 rings (SSSR count). The summed E-state index contributed by atoms with van der Waals surface area (Å²) in [7, 11) is 0. The van der Waals surface area contributed by atoms with Gasteiger partial charge in [0, 0.05) is 0 Å². The van der Waals surface area contributed by atoms with Gasteiger partial charge >= 0.3 is 23.9 Å². The lowest BCUT2D eigenvalue weighted by molar-refractivity contribution is -0.173. The van der Waals surface area contributed by atoms with Crippen LogP contribution in [-0.4, -0.2) is 56.5 Å². The number of aliphatic hydroxyl groups is 1. The summed E-state index contributed by atoms with van der Waals surface area (Å²) in [6.45, 7) is -0.998. The molecule has 0 radical (unpaired) electrons. The lowest BCUT2D eigenvalue weighted by Gasteiger charge is -2.19. The second-order valence-corrected chi connectivity index (χ2v) is 3.14. The zero-order chi connectivity index (χ0) is 13.6. The SMILES string of the molecule is N.O=C(O)COC(=O)CC(O)(CC(=O)O)C(=O)O. The highest BCUT2D eigenvalue weighted by Crippen LogP contribution is 2.16. The van der Waals surface area contributed by atoms with Crippen LogP contribution < -0.4 is 6.15 Å². The predicted octanol–water partition coefficient (Wildman–Crippen LogP) is -1.54. The van der Waals surface area contributed by atoms with Crippen molar-refractivity contribution in [3.05, 3.63) is 0 Å². The molecule has 0 aromatic rings. The van der Waals surface area contributed by atoms with Crippen LogP contribution in [0.25, 0.3) is 0 Å². The fourth-order valence-corrected chi connectivity index (χ4v) is 0.896. The number of ether oxygens (including phenoxy) is 1. The number of carboxylic acids is 3. The summed E-state index contributed by atoms with van der Waals surface area (Å²) in [5, 5.41) is 34.5. The molecular formula is C8H13NO9. The van der Waals surface area contributed by atoms with E-state index in [1.54, 1.807) is 0 Å². The maximum Gasteiger partial charge on any atom is 0.341 e. The number of carboxylic acid groups (broad SMARTS) is 3. The van der Waals surface area contributed by atoms with Gasteiger partial charge < -0.3 is 31.3 Å². The number of aliphatic carboxylic acids is 3. The molecule has 0 saturated carbocycles. The molecule has 0 spiro atoms. The van der Waals surface area contributed by atoms with Crippen molar-refractivity contribution >= 4 is 23.9 Å². The second-order valence-electron chi connectivity index (χ2n) is 3.14. The van der Waals surface area contributed by atoms with Crippen LogP contribution in [0.15, 0.2) is 0 Å². The van der Waals surface area contributed by atoms with Crippen LogP contribution in [0.1, 0.15) is 12.8 Å². The molecule has 0 aromatic heterocycles. The molecule has 10 nitrogen and oxygen atoms in total. The predicted molar refractivity (Wildman–Crippen MR) is 53.1 cm³/mol. The summed E-state index contributed by atoms with van der Waals surface area (Å²) in [5.41, 5.74) is -2.82. The van der Waals surface area contributed by atoms with Crippen molar-refractivity contribution < 1.29 is 44.3 Å². The molecule has 0 heterocycles. The Morgan fingerprint density at radius 3 is 1.78 bits per heavy atom. The Balaban J connectivity index is 0. The lowest BCUT2D eigenvalue weighted by Crippen LogP contribution is -2.43. The van der Waals surface area contributed by atoms with E-state index in [2.05, 4.69) is 4.74 Å². The zero-order valence-electron chi connectivity index (χ0n) is 9.16. The molecule has 7 N–H and O–H groups in total. The Bertz CT molecular complexity index is 352. The number of rotatable bonds is 7.